The molecule has 1 saturated heterocycles. The number of nitrogens with one attached hydrogen (secondary N) is 1. The van der Waals surface area contributed by atoms with E-state index in [0.29, 0.717) is 6.42 Å². The molecule has 1 amide bonds. The average molecular weight is 454 g/mol. The summed E-state index contributed by atoms with van der Waals surface area (Å²) in [6, 6.07) is 12.3. The molecule has 2 heterocycles. The van der Waals surface area contributed by atoms with Crippen LogP contribution in [0.5, 0.6) is 0 Å². The van der Waals surface area contributed by atoms with Gasteiger partial charge in [0.1, 0.15) is 0 Å². The molecule has 2 aromatic rings. The first-order chi connectivity index (χ1) is 12.6. The van der Waals surface area contributed by atoms with Gasteiger partial charge in [0, 0.05) is 55.5 Å². The number of amides is 1. The first-order valence-electron chi connectivity index (χ1n) is 8.76. The topological polar surface area (TPSA) is 35.6 Å². The Bertz CT molecular complexity index is 729. The molecule has 1 fully saturated rings. The van der Waals surface area contributed by atoms with Crippen molar-refractivity contribution in [3.05, 3.63) is 45.1 Å². The molecule has 1 aromatic carbocycles. The number of thiophene rings is 1. The number of piperazine rings is 1. The maximum absolute atomic E-state index is 12.3. The Balaban J connectivity index is 1.38. The molecule has 140 valence electrons. The lowest BCUT2D eigenvalue weighted by Gasteiger charge is -2.34. The molecule has 0 atom stereocenters. The molecule has 1 N–H and O–H groups in total. The van der Waals surface area contributed by atoms with E-state index in [1.165, 1.54) is 8.66 Å². The van der Waals surface area contributed by atoms with Gasteiger partial charge in [-0.25, -0.2) is 0 Å². The van der Waals surface area contributed by atoms with Gasteiger partial charge in [-0.3, -0.25) is 9.69 Å². The van der Waals surface area contributed by atoms with Crippen LogP contribution in [0.3, 0.4) is 0 Å². The number of rotatable bonds is 7. The van der Waals surface area contributed by atoms with E-state index in [9.17, 15) is 4.79 Å². The van der Waals surface area contributed by atoms with Gasteiger partial charge in [0.25, 0.3) is 0 Å². The van der Waals surface area contributed by atoms with Gasteiger partial charge in [-0.15, -0.1) is 23.1 Å². The molecule has 3 rings (SSSR count). The number of halogens is 1. The summed E-state index contributed by atoms with van der Waals surface area (Å²) in [5.41, 5.74) is 0.914. The van der Waals surface area contributed by atoms with Crippen molar-refractivity contribution in [2.45, 2.75) is 17.9 Å². The minimum absolute atomic E-state index is 0.0948. The molecule has 1 aliphatic rings. The highest BCUT2D eigenvalue weighted by molar-refractivity contribution is 9.11. The first-order valence-corrected chi connectivity index (χ1v) is 11.6. The summed E-state index contributed by atoms with van der Waals surface area (Å²) in [4.78, 5) is 19.7. The molecular formula is C19H24BrN3OS2. The predicted octanol–water partition coefficient (Wildman–Crippen LogP) is 4.38. The van der Waals surface area contributed by atoms with Crippen molar-refractivity contribution in [1.29, 1.82) is 0 Å². The third-order valence-electron chi connectivity index (χ3n) is 4.51. The quantitative estimate of drug-likeness (QED) is 0.630. The highest BCUT2D eigenvalue weighted by atomic mass is 79.9. The van der Waals surface area contributed by atoms with E-state index >= 15 is 0 Å². The Morgan fingerprint density at radius 2 is 1.88 bits per heavy atom. The number of carbonyl (C=O) groups is 1. The molecule has 0 saturated carbocycles. The zero-order valence-electron chi connectivity index (χ0n) is 14.9. The molecular weight excluding hydrogens is 430 g/mol. The fourth-order valence-electron chi connectivity index (χ4n) is 3.05. The Labute approximate surface area is 172 Å². The Morgan fingerprint density at radius 1 is 1.15 bits per heavy atom. The van der Waals surface area contributed by atoms with Crippen molar-refractivity contribution >= 4 is 50.6 Å². The number of benzene rings is 1. The van der Waals surface area contributed by atoms with E-state index in [-0.39, 0.29) is 5.91 Å². The van der Waals surface area contributed by atoms with Crippen LogP contribution in [0.1, 0.15) is 11.3 Å². The van der Waals surface area contributed by atoms with E-state index in [1.54, 1.807) is 23.1 Å². The molecule has 0 bridgehead atoms. The summed E-state index contributed by atoms with van der Waals surface area (Å²) in [5, 5.41) is 3.04. The Kier molecular flexibility index (Phi) is 7.57. The summed E-state index contributed by atoms with van der Waals surface area (Å²) in [6.45, 7) is 6.03. The zero-order chi connectivity index (χ0) is 18.4. The maximum atomic E-state index is 12.3. The second-order valence-electron chi connectivity index (χ2n) is 6.32. The molecule has 7 heteroatoms. The third-order valence-corrected chi connectivity index (χ3v) is 6.91. The van der Waals surface area contributed by atoms with Crippen molar-refractivity contribution in [1.82, 2.24) is 9.80 Å². The maximum Gasteiger partial charge on any atom is 0.225 e. The molecule has 1 aliphatic heterocycles. The normalized spacial score (nSPS) is 15.9. The monoisotopic (exact) mass is 453 g/mol. The number of nitrogens with zero attached hydrogens (tertiary/aromatic N) is 2. The average Bonchev–Trinajstić information content (AvgIpc) is 3.06. The fraction of sp³-hybridized carbons (Fsp3) is 0.421. The third kappa shape index (κ3) is 5.82. The fourth-order valence-corrected chi connectivity index (χ4v) is 5.13. The van der Waals surface area contributed by atoms with Crippen LogP contribution in [0, 0.1) is 0 Å². The van der Waals surface area contributed by atoms with Crippen LogP contribution in [0.25, 0.3) is 0 Å². The van der Waals surface area contributed by atoms with Crippen molar-refractivity contribution in [2.24, 2.45) is 0 Å². The molecule has 4 nitrogen and oxygen atoms in total. The van der Waals surface area contributed by atoms with Gasteiger partial charge in [0.15, 0.2) is 0 Å². The van der Waals surface area contributed by atoms with Gasteiger partial charge in [0.05, 0.1) is 9.47 Å². The molecule has 0 aliphatic carbocycles. The van der Waals surface area contributed by atoms with Crippen LogP contribution in [0.4, 0.5) is 5.69 Å². The van der Waals surface area contributed by atoms with Crippen molar-refractivity contribution in [3.8, 4) is 0 Å². The molecule has 0 unspecified atom stereocenters. The van der Waals surface area contributed by atoms with Gasteiger partial charge in [-0.2, -0.15) is 0 Å². The highest BCUT2D eigenvalue weighted by Gasteiger charge is 2.18. The van der Waals surface area contributed by atoms with Gasteiger partial charge in [-0.1, -0.05) is 12.1 Å². The highest BCUT2D eigenvalue weighted by Crippen LogP contribution is 2.25. The van der Waals surface area contributed by atoms with Crippen LogP contribution in [0.2, 0.25) is 0 Å². The van der Waals surface area contributed by atoms with Crippen LogP contribution >= 0.6 is 39.0 Å². The van der Waals surface area contributed by atoms with Crippen LogP contribution in [-0.4, -0.2) is 54.7 Å². The minimum atomic E-state index is 0.0948. The lowest BCUT2D eigenvalue weighted by molar-refractivity contribution is -0.116. The number of thioether (sulfide) groups is 1. The number of para-hydroxylation sites is 1. The summed E-state index contributed by atoms with van der Waals surface area (Å²) in [6.07, 6.45) is 2.57. The number of carbonyl (C=O) groups excluding carboxylic acids is 1. The van der Waals surface area contributed by atoms with E-state index in [4.69, 9.17) is 0 Å². The largest absolute Gasteiger partial charge is 0.325 e. The zero-order valence-corrected chi connectivity index (χ0v) is 18.1. The summed E-state index contributed by atoms with van der Waals surface area (Å²) in [5.74, 6) is 0.0948. The lowest BCUT2D eigenvalue weighted by atomic mass is 10.2. The minimum Gasteiger partial charge on any atom is -0.325 e. The van der Waals surface area contributed by atoms with E-state index in [2.05, 4.69) is 43.2 Å². The Morgan fingerprint density at radius 3 is 2.58 bits per heavy atom. The predicted molar refractivity (Wildman–Crippen MR) is 115 cm³/mol. The van der Waals surface area contributed by atoms with Gasteiger partial charge >= 0.3 is 0 Å². The second kappa shape index (κ2) is 9.90. The van der Waals surface area contributed by atoms with E-state index in [1.807, 2.05) is 30.5 Å². The van der Waals surface area contributed by atoms with Crippen molar-refractivity contribution < 1.29 is 4.79 Å². The summed E-state index contributed by atoms with van der Waals surface area (Å²) >= 11 is 6.99. The second-order valence-corrected chi connectivity index (χ2v) is 9.72. The smallest absolute Gasteiger partial charge is 0.225 e. The first kappa shape index (κ1) is 19.9. The molecule has 1 aromatic heterocycles. The number of hydrogen-bond donors (Lipinski definition) is 1. The lowest BCUT2D eigenvalue weighted by Crippen LogP contribution is -2.46. The van der Waals surface area contributed by atoms with Crippen LogP contribution < -0.4 is 5.32 Å². The van der Waals surface area contributed by atoms with Gasteiger partial charge in [0.2, 0.25) is 5.91 Å². The number of anilines is 1. The summed E-state index contributed by atoms with van der Waals surface area (Å²) < 4.78 is 1.19. The Hall–Kier alpha value is -0.860. The van der Waals surface area contributed by atoms with Crippen molar-refractivity contribution in [2.75, 3.05) is 44.3 Å². The number of hydrogen-bond acceptors (Lipinski definition) is 5. The van der Waals surface area contributed by atoms with Crippen molar-refractivity contribution in [3.63, 3.8) is 0 Å². The SMILES string of the molecule is CSc1ccccc1NC(=O)CCN1CCN(Cc2ccc(Br)s2)CC1. The van der Waals surface area contributed by atoms with Gasteiger partial charge < -0.3 is 10.2 Å². The summed E-state index contributed by atoms with van der Waals surface area (Å²) in [7, 11) is 0. The molecule has 26 heavy (non-hydrogen) atoms. The van der Waals surface area contributed by atoms with Gasteiger partial charge in [-0.05, 0) is 46.5 Å². The van der Waals surface area contributed by atoms with Crippen LogP contribution in [0.15, 0.2) is 45.1 Å². The molecule has 0 radical (unpaired) electrons. The van der Waals surface area contributed by atoms with Crippen LogP contribution in [-0.2, 0) is 11.3 Å². The van der Waals surface area contributed by atoms with E-state index in [0.717, 1.165) is 49.9 Å². The molecule has 0 spiro atoms. The standard InChI is InChI=1S/C19H24BrN3OS2/c1-25-17-5-3-2-4-16(17)21-19(24)8-9-22-10-12-23(13-11-22)14-15-6-7-18(20)26-15/h2-7H,8-14H2,1H3,(H,21,24). The van der Waals surface area contributed by atoms with E-state index < -0.39 is 0 Å².